The molecule has 2 N–H and O–H groups in total. The normalized spacial score (nSPS) is 15.2. The van der Waals surface area contributed by atoms with Gasteiger partial charge < -0.3 is 10.2 Å². The minimum Gasteiger partial charge on any atom is -0.448 e. The maximum atomic E-state index is 5.66. The molecule has 0 spiro atoms. The second kappa shape index (κ2) is 4.23. The standard InChI is InChI=1S/C12H12BrN3O/c13-11-4-3-10(17-11)9-5-8(6-14)15-12(16-9)7-1-2-7/h3-5,7H,1-2,6,14H2. The van der Waals surface area contributed by atoms with Crippen molar-refractivity contribution in [1.29, 1.82) is 0 Å². The minimum atomic E-state index is 0.428. The number of furan rings is 1. The van der Waals surface area contributed by atoms with E-state index in [4.69, 9.17) is 10.2 Å². The summed E-state index contributed by atoms with van der Waals surface area (Å²) in [5, 5.41) is 0. The van der Waals surface area contributed by atoms with Crippen molar-refractivity contribution in [3.63, 3.8) is 0 Å². The average molecular weight is 294 g/mol. The van der Waals surface area contributed by atoms with Crippen LogP contribution in [0.2, 0.25) is 0 Å². The molecule has 5 heteroatoms. The van der Waals surface area contributed by atoms with Crippen LogP contribution in [0, 0.1) is 0 Å². The summed E-state index contributed by atoms with van der Waals surface area (Å²) in [6, 6.07) is 5.64. The van der Waals surface area contributed by atoms with Gasteiger partial charge in [0.1, 0.15) is 11.5 Å². The molecule has 0 unspecified atom stereocenters. The first-order valence-electron chi connectivity index (χ1n) is 5.60. The van der Waals surface area contributed by atoms with Crippen molar-refractivity contribution in [3.05, 3.63) is 34.4 Å². The van der Waals surface area contributed by atoms with Crippen molar-refractivity contribution in [3.8, 4) is 11.5 Å². The third-order valence-corrected chi connectivity index (χ3v) is 3.20. The molecule has 1 saturated carbocycles. The summed E-state index contributed by atoms with van der Waals surface area (Å²) in [5.41, 5.74) is 7.34. The summed E-state index contributed by atoms with van der Waals surface area (Å²) in [7, 11) is 0. The fraction of sp³-hybridized carbons (Fsp3) is 0.333. The second-order valence-electron chi connectivity index (χ2n) is 4.18. The summed E-state index contributed by atoms with van der Waals surface area (Å²) < 4.78 is 6.21. The number of nitrogens with two attached hydrogens (primary N) is 1. The van der Waals surface area contributed by atoms with Crippen LogP contribution in [-0.4, -0.2) is 9.97 Å². The number of nitrogens with zero attached hydrogens (tertiary/aromatic N) is 2. The van der Waals surface area contributed by atoms with Crippen molar-refractivity contribution in [2.24, 2.45) is 5.73 Å². The quantitative estimate of drug-likeness (QED) is 0.945. The van der Waals surface area contributed by atoms with E-state index < -0.39 is 0 Å². The van der Waals surface area contributed by atoms with Gasteiger partial charge in [0.25, 0.3) is 0 Å². The van der Waals surface area contributed by atoms with Crippen LogP contribution in [0.5, 0.6) is 0 Å². The van der Waals surface area contributed by atoms with Gasteiger partial charge in [-0.05, 0) is 47.0 Å². The van der Waals surface area contributed by atoms with Crippen molar-refractivity contribution >= 4 is 15.9 Å². The fourth-order valence-electron chi connectivity index (χ4n) is 1.72. The molecule has 0 aliphatic heterocycles. The maximum absolute atomic E-state index is 5.66. The number of hydrogen-bond acceptors (Lipinski definition) is 4. The van der Waals surface area contributed by atoms with Gasteiger partial charge in [-0.25, -0.2) is 9.97 Å². The molecule has 4 nitrogen and oxygen atoms in total. The third kappa shape index (κ3) is 2.25. The Balaban J connectivity index is 2.05. The fourth-order valence-corrected chi connectivity index (χ4v) is 2.03. The van der Waals surface area contributed by atoms with E-state index in [0.717, 1.165) is 23.0 Å². The Morgan fingerprint density at radius 3 is 2.76 bits per heavy atom. The zero-order valence-corrected chi connectivity index (χ0v) is 10.8. The van der Waals surface area contributed by atoms with Gasteiger partial charge in [0.15, 0.2) is 10.4 Å². The monoisotopic (exact) mass is 293 g/mol. The number of hydrogen-bond donors (Lipinski definition) is 1. The van der Waals surface area contributed by atoms with Crippen molar-refractivity contribution in [2.75, 3.05) is 0 Å². The molecule has 0 bridgehead atoms. The smallest absolute Gasteiger partial charge is 0.169 e. The highest BCUT2D eigenvalue weighted by atomic mass is 79.9. The van der Waals surface area contributed by atoms with Gasteiger partial charge in [0, 0.05) is 12.5 Å². The van der Waals surface area contributed by atoms with Crippen LogP contribution < -0.4 is 5.73 Å². The van der Waals surface area contributed by atoms with Gasteiger partial charge in [-0.3, -0.25) is 0 Å². The van der Waals surface area contributed by atoms with Gasteiger partial charge in [-0.15, -0.1) is 0 Å². The Hall–Kier alpha value is -1.20. The molecule has 2 heterocycles. The van der Waals surface area contributed by atoms with Crippen LogP contribution in [0.3, 0.4) is 0 Å². The van der Waals surface area contributed by atoms with Crippen LogP contribution >= 0.6 is 15.9 Å². The Kier molecular flexibility index (Phi) is 2.72. The van der Waals surface area contributed by atoms with Crippen molar-refractivity contribution in [1.82, 2.24) is 9.97 Å². The van der Waals surface area contributed by atoms with Gasteiger partial charge in [0.05, 0.1) is 5.69 Å². The first-order chi connectivity index (χ1) is 8.26. The molecule has 0 atom stereocenters. The molecule has 2 aromatic rings. The first-order valence-corrected chi connectivity index (χ1v) is 6.39. The average Bonchev–Trinajstić information content (AvgIpc) is 3.11. The second-order valence-corrected chi connectivity index (χ2v) is 4.97. The summed E-state index contributed by atoms with van der Waals surface area (Å²) >= 11 is 3.29. The molecule has 2 aromatic heterocycles. The first kappa shape index (κ1) is 10.9. The zero-order valence-electron chi connectivity index (χ0n) is 9.19. The molecule has 0 amide bonds. The molecule has 0 radical (unpaired) electrons. The molecule has 1 aliphatic rings. The lowest BCUT2D eigenvalue weighted by Crippen LogP contribution is -2.04. The highest BCUT2D eigenvalue weighted by molar-refractivity contribution is 9.10. The molecule has 88 valence electrons. The summed E-state index contributed by atoms with van der Waals surface area (Å²) in [6.45, 7) is 0.428. The van der Waals surface area contributed by atoms with E-state index in [1.165, 1.54) is 12.8 Å². The number of rotatable bonds is 3. The van der Waals surface area contributed by atoms with E-state index >= 15 is 0 Å². The summed E-state index contributed by atoms with van der Waals surface area (Å²) in [5.74, 6) is 2.16. The number of halogens is 1. The molecule has 1 aliphatic carbocycles. The van der Waals surface area contributed by atoms with Gasteiger partial charge in [-0.1, -0.05) is 0 Å². The van der Waals surface area contributed by atoms with E-state index in [2.05, 4.69) is 25.9 Å². The summed E-state index contributed by atoms with van der Waals surface area (Å²) in [6.07, 6.45) is 2.35. The number of aromatic nitrogens is 2. The van der Waals surface area contributed by atoms with Crippen LogP contribution in [0.1, 0.15) is 30.3 Å². The highest BCUT2D eigenvalue weighted by Crippen LogP contribution is 2.38. The lowest BCUT2D eigenvalue weighted by Gasteiger charge is -2.04. The van der Waals surface area contributed by atoms with Gasteiger partial charge >= 0.3 is 0 Å². The molecule has 17 heavy (non-hydrogen) atoms. The Labute approximate surface area is 107 Å². The SMILES string of the molecule is NCc1cc(-c2ccc(Br)o2)nc(C2CC2)n1. The predicted octanol–water partition coefficient (Wildman–Crippen LogP) is 2.84. The van der Waals surface area contributed by atoms with Gasteiger partial charge in [0.2, 0.25) is 0 Å². The Morgan fingerprint density at radius 1 is 1.35 bits per heavy atom. The van der Waals surface area contributed by atoms with Crippen LogP contribution in [0.25, 0.3) is 11.5 Å². The van der Waals surface area contributed by atoms with Crippen LogP contribution in [0.15, 0.2) is 27.3 Å². The molecular formula is C12H12BrN3O. The van der Waals surface area contributed by atoms with E-state index in [0.29, 0.717) is 17.1 Å². The van der Waals surface area contributed by atoms with Crippen molar-refractivity contribution in [2.45, 2.75) is 25.3 Å². The molecule has 3 rings (SSSR count). The Bertz CT molecular complexity index is 548. The highest BCUT2D eigenvalue weighted by Gasteiger charge is 2.27. The molecule has 0 saturated heterocycles. The molecule has 0 aromatic carbocycles. The van der Waals surface area contributed by atoms with Gasteiger partial charge in [-0.2, -0.15) is 0 Å². The van der Waals surface area contributed by atoms with Crippen LogP contribution in [-0.2, 0) is 6.54 Å². The lowest BCUT2D eigenvalue weighted by atomic mass is 10.2. The zero-order chi connectivity index (χ0) is 11.8. The minimum absolute atomic E-state index is 0.428. The van der Waals surface area contributed by atoms with Crippen LogP contribution in [0.4, 0.5) is 0 Å². The van der Waals surface area contributed by atoms with E-state index in [9.17, 15) is 0 Å². The van der Waals surface area contributed by atoms with E-state index in [1.807, 2.05) is 18.2 Å². The summed E-state index contributed by atoms with van der Waals surface area (Å²) in [4.78, 5) is 9.00. The maximum Gasteiger partial charge on any atom is 0.169 e. The largest absolute Gasteiger partial charge is 0.448 e. The lowest BCUT2D eigenvalue weighted by molar-refractivity contribution is 0.553. The Morgan fingerprint density at radius 2 is 2.18 bits per heavy atom. The van der Waals surface area contributed by atoms with E-state index in [-0.39, 0.29) is 0 Å². The molecule has 1 fully saturated rings. The predicted molar refractivity (Wildman–Crippen MR) is 67.3 cm³/mol. The van der Waals surface area contributed by atoms with Crippen molar-refractivity contribution < 1.29 is 4.42 Å². The topological polar surface area (TPSA) is 64.9 Å². The molecular weight excluding hydrogens is 282 g/mol. The van der Waals surface area contributed by atoms with E-state index in [1.54, 1.807) is 0 Å². The third-order valence-electron chi connectivity index (χ3n) is 2.77.